The van der Waals surface area contributed by atoms with E-state index in [1.54, 1.807) is 12.4 Å². The van der Waals surface area contributed by atoms with E-state index in [0.29, 0.717) is 54.2 Å². The zero-order valence-corrected chi connectivity index (χ0v) is 18.4. The zero-order chi connectivity index (χ0) is 22.4. The lowest BCUT2D eigenvalue weighted by Crippen LogP contribution is -2.34. The number of ether oxygens (including phenoxy) is 1. The molecule has 1 atom stereocenters. The van der Waals surface area contributed by atoms with Crippen LogP contribution >= 0.6 is 11.6 Å². The van der Waals surface area contributed by atoms with E-state index in [-0.39, 0.29) is 29.5 Å². The summed E-state index contributed by atoms with van der Waals surface area (Å²) >= 11 is 5.96. The van der Waals surface area contributed by atoms with E-state index < -0.39 is 5.82 Å². The Morgan fingerprint density at radius 2 is 2.09 bits per heavy atom. The maximum Gasteiger partial charge on any atom is 0.253 e. The number of amides is 1. The molecule has 0 bridgehead atoms. The Hall–Kier alpha value is -3.04. The molecule has 5 rings (SSSR count). The van der Waals surface area contributed by atoms with Crippen LogP contribution in [0.3, 0.4) is 0 Å². The minimum absolute atomic E-state index is 0.0224. The van der Waals surface area contributed by atoms with Crippen LogP contribution < -0.4 is 10.6 Å². The molecule has 8 nitrogen and oxygen atoms in total. The molecule has 10 heteroatoms. The molecule has 3 aromatic rings. The summed E-state index contributed by atoms with van der Waals surface area (Å²) in [6.07, 6.45) is 4.47. The van der Waals surface area contributed by atoms with Crippen LogP contribution in [0.15, 0.2) is 12.4 Å². The number of halogens is 2. The lowest BCUT2D eigenvalue weighted by molar-refractivity contribution is 0.0940. The van der Waals surface area contributed by atoms with Crippen molar-refractivity contribution in [1.82, 2.24) is 25.3 Å². The predicted molar refractivity (Wildman–Crippen MR) is 118 cm³/mol. The molecule has 166 valence electrons. The molecule has 0 radical (unpaired) electrons. The van der Waals surface area contributed by atoms with Gasteiger partial charge in [0.05, 0.1) is 17.9 Å². The van der Waals surface area contributed by atoms with Crippen LogP contribution in [0, 0.1) is 5.82 Å². The van der Waals surface area contributed by atoms with Crippen LogP contribution in [-0.4, -0.2) is 39.0 Å². The highest BCUT2D eigenvalue weighted by molar-refractivity contribution is 6.28. The number of carbonyl (C=O) groups is 1. The zero-order valence-electron chi connectivity index (χ0n) is 17.7. The summed E-state index contributed by atoms with van der Waals surface area (Å²) in [6, 6.07) is 0. The molecule has 4 heterocycles. The highest BCUT2D eigenvalue weighted by Crippen LogP contribution is 2.42. The van der Waals surface area contributed by atoms with Gasteiger partial charge in [0.15, 0.2) is 11.6 Å². The molecule has 1 aliphatic heterocycles. The van der Waals surface area contributed by atoms with Gasteiger partial charge in [-0.05, 0) is 42.5 Å². The Morgan fingerprint density at radius 1 is 1.25 bits per heavy atom. The third-order valence-corrected chi connectivity index (χ3v) is 6.13. The first-order valence-corrected chi connectivity index (χ1v) is 10.9. The van der Waals surface area contributed by atoms with Crippen LogP contribution in [-0.2, 0) is 24.2 Å². The fourth-order valence-corrected chi connectivity index (χ4v) is 4.48. The quantitative estimate of drug-likeness (QED) is 0.503. The molecule has 0 fully saturated rings. The van der Waals surface area contributed by atoms with Crippen molar-refractivity contribution in [2.24, 2.45) is 0 Å². The smallest absolute Gasteiger partial charge is 0.253 e. The third-order valence-electron chi connectivity index (χ3n) is 5.95. The lowest BCUT2D eigenvalue weighted by Gasteiger charge is -2.21. The number of fused-ring (bicyclic) bond motifs is 5. The molecule has 3 aromatic heterocycles. The molecule has 0 saturated carbocycles. The number of aromatic amines is 1. The molecule has 2 aliphatic rings. The van der Waals surface area contributed by atoms with E-state index in [2.05, 4.69) is 30.6 Å². The minimum Gasteiger partial charge on any atom is -0.377 e. The summed E-state index contributed by atoms with van der Waals surface area (Å²) < 4.78 is 21.3. The van der Waals surface area contributed by atoms with Gasteiger partial charge in [-0.25, -0.2) is 19.3 Å². The third kappa shape index (κ3) is 3.41. The first-order chi connectivity index (χ1) is 15.5. The average molecular weight is 457 g/mol. The van der Waals surface area contributed by atoms with Gasteiger partial charge in [-0.1, -0.05) is 6.92 Å². The van der Waals surface area contributed by atoms with Crippen molar-refractivity contribution >= 4 is 29.1 Å². The molecular weight excluding hydrogens is 435 g/mol. The van der Waals surface area contributed by atoms with Crippen molar-refractivity contribution in [1.29, 1.82) is 0 Å². The number of hydrogen-bond donors (Lipinski definition) is 3. The number of aromatic nitrogens is 4. The van der Waals surface area contributed by atoms with Crippen LogP contribution in [0.25, 0.3) is 11.3 Å². The van der Waals surface area contributed by atoms with E-state index in [4.69, 9.17) is 16.3 Å². The number of pyridine rings is 1. The molecule has 1 amide bonds. The fourth-order valence-electron chi connectivity index (χ4n) is 4.34. The molecule has 0 unspecified atom stereocenters. The molecule has 0 spiro atoms. The van der Waals surface area contributed by atoms with Crippen molar-refractivity contribution in [2.45, 2.75) is 39.2 Å². The van der Waals surface area contributed by atoms with E-state index in [9.17, 15) is 4.79 Å². The first-order valence-electron chi connectivity index (χ1n) is 10.5. The molecule has 0 saturated heterocycles. The predicted octanol–water partition coefficient (Wildman–Crippen LogP) is 3.88. The second kappa shape index (κ2) is 8.14. The van der Waals surface area contributed by atoms with Crippen molar-refractivity contribution in [3.63, 3.8) is 0 Å². The minimum atomic E-state index is -0.507. The van der Waals surface area contributed by atoms with Crippen molar-refractivity contribution in [3.8, 4) is 11.3 Å². The van der Waals surface area contributed by atoms with E-state index >= 15 is 4.39 Å². The van der Waals surface area contributed by atoms with Gasteiger partial charge >= 0.3 is 0 Å². The normalized spacial score (nSPS) is 16.8. The van der Waals surface area contributed by atoms with Gasteiger partial charge in [-0.15, -0.1) is 0 Å². The summed E-state index contributed by atoms with van der Waals surface area (Å²) in [4.78, 5) is 28.4. The van der Waals surface area contributed by atoms with Gasteiger partial charge in [0.1, 0.15) is 5.82 Å². The van der Waals surface area contributed by atoms with Gasteiger partial charge in [-0.3, -0.25) is 4.79 Å². The summed E-state index contributed by atoms with van der Waals surface area (Å²) in [6.45, 7) is 5.24. The number of carbonyl (C=O) groups excluding carboxylic acids is 1. The van der Waals surface area contributed by atoms with Gasteiger partial charge in [0.25, 0.3) is 5.91 Å². The highest BCUT2D eigenvalue weighted by atomic mass is 35.5. The topological polar surface area (TPSA) is 105 Å². The highest BCUT2D eigenvalue weighted by Gasteiger charge is 2.34. The Kier molecular flexibility index (Phi) is 5.30. The number of nitrogens with zero attached hydrogens (tertiary/aromatic N) is 3. The van der Waals surface area contributed by atoms with E-state index in [1.165, 1.54) is 0 Å². The fraction of sp³-hybridized carbons (Fsp3) is 0.364. The molecule has 3 N–H and O–H groups in total. The van der Waals surface area contributed by atoms with Crippen LogP contribution in [0.4, 0.5) is 16.0 Å². The SMILES string of the molecule is CCOCc1cnc(Cl)nc1Nc1ncc2c(c1F)-c1[nH]c3c(c1CC2)C(=O)NC[C@@H]3C. The summed E-state index contributed by atoms with van der Waals surface area (Å²) in [5.41, 5.74) is 4.88. The second-order valence-corrected chi connectivity index (χ2v) is 8.31. The Morgan fingerprint density at radius 3 is 2.91 bits per heavy atom. The number of anilines is 2. The van der Waals surface area contributed by atoms with E-state index in [1.807, 2.05) is 13.8 Å². The van der Waals surface area contributed by atoms with Crippen LogP contribution in [0.2, 0.25) is 5.28 Å². The summed E-state index contributed by atoms with van der Waals surface area (Å²) in [5, 5.41) is 5.91. The Labute approximate surface area is 189 Å². The van der Waals surface area contributed by atoms with Gasteiger partial charge in [-0.2, -0.15) is 0 Å². The largest absolute Gasteiger partial charge is 0.377 e. The number of nitrogens with one attached hydrogen (secondary N) is 3. The maximum atomic E-state index is 15.8. The lowest BCUT2D eigenvalue weighted by atomic mass is 9.87. The number of rotatable bonds is 5. The number of H-pyrrole nitrogens is 1. The maximum absolute atomic E-state index is 15.8. The molecular formula is C22H22ClFN6O2. The van der Waals surface area contributed by atoms with Crippen LogP contribution in [0.5, 0.6) is 0 Å². The average Bonchev–Trinajstić information content (AvgIpc) is 3.18. The van der Waals surface area contributed by atoms with Crippen molar-refractivity contribution in [2.75, 3.05) is 18.5 Å². The molecule has 0 aromatic carbocycles. The van der Waals surface area contributed by atoms with E-state index in [0.717, 1.165) is 16.8 Å². The van der Waals surface area contributed by atoms with Crippen LogP contribution in [0.1, 0.15) is 52.5 Å². The van der Waals surface area contributed by atoms with Crippen molar-refractivity contribution < 1.29 is 13.9 Å². The first kappa shape index (κ1) is 20.8. The Bertz CT molecular complexity index is 1230. The van der Waals surface area contributed by atoms with Gasteiger partial charge in [0.2, 0.25) is 5.28 Å². The number of hydrogen-bond acceptors (Lipinski definition) is 6. The van der Waals surface area contributed by atoms with Crippen molar-refractivity contribution in [3.05, 3.63) is 51.4 Å². The second-order valence-electron chi connectivity index (χ2n) is 7.97. The molecule has 1 aliphatic carbocycles. The monoisotopic (exact) mass is 456 g/mol. The standard InChI is InChI=1S/C22H22ClFN6O2/c1-3-32-9-12-8-27-22(23)30-19(12)29-20-16(24)14-11(7-25-20)4-5-13-15-17(28-18(13)14)10(2)6-26-21(15)31/h7-8,10,28H,3-6,9H2,1-2H3,(H,26,31)(H,25,27,29,30)/t10-/m0/s1. The summed E-state index contributed by atoms with van der Waals surface area (Å²) in [7, 11) is 0. The van der Waals surface area contributed by atoms with Gasteiger partial charge < -0.3 is 20.4 Å². The van der Waals surface area contributed by atoms with Gasteiger partial charge in [0, 0.05) is 48.3 Å². The molecule has 32 heavy (non-hydrogen) atoms. The summed E-state index contributed by atoms with van der Waals surface area (Å²) in [5.74, 6) is -0.132. The number of aryl methyl sites for hydroxylation is 1. The Balaban J connectivity index is 1.58.